The number of nitrogens with two attached hydrogens (primary N) is 2. The van der Waals surface area contributed by atoms with Gasteiger partial charge in [0, 0.05) is 23.4 Å². The number of carbonyl (C=O) groups excluding carboxylic acids is 1. The maximum Gasteiger partial charge on any atom is 0.169 e. The summed E-state index contributed by atoms with van der Waals surface area (Å²) in [7, 11) is 0. The second-order valence-corrected chi connectivity index (χ2v) is 4.11. The van der Waals surface area contributed by atoms with E-state index in [2.05, 4.69) is 4.98 Å². The molecule has 0 atom stereocenters. The van der Waals surface area contributed by atoms with Gasteiger partial charge in [0.1, 0.15) is 5.82 Å². The molecule has 0 bridgehead atoms. The predicted octanol–water partition coefficient (Wildman–Crippen LogP) is 1.91. The van der Waals surface area contributed by atoms with E-state index in [0.29, 0.717) is 23.5 Å². The molecule has 2 aromatic rings. The fourth-order valence-corrected chi connectivity index (χ4v) is 1.86. The molecule has 4 heteroatoms. The lowest BCUT2D eigenvalue weighted by atomic mass is 10.0. The molecule has 0 aliphatic carbocycles. The number of aromatic nitrogens is 1. The zero-order valence-corrected chi connectivity index (χ0v) is 9.66. The Morgan fingerprint density at radius 2 is 2.06 bits per heavy atom. The maximum absolute atomic E-state index is 12.0. The van der Waals surface area contributed by atoms with Crippen molar-refractivity contribution in [2.45, 2.75) is 13.3 Å². The first-order chi connectivity index (χ1) is 8.06. The number of rotatable bonds is 3. The normalized spacial score (nSPS) is 10.4. The van der Waals surface area contributed by atoms with E-state index >= 15 is 0 Å². The minimum atomic E-state index is 0.0426. The number of nitrogen functional groups attached to an aromatic ring is 2. The molecule has 88 valence electrons. The van der Waals surface area contributed by atoms with Gasteiger partial charge in [-0.05, 0) is 30.7 Å². The molecule has 1 aromatic carbocycles. The van der Waals surface area contributed by atoms with Crippen molar-refractivity contribution in [2.24, 2.45) is 0 Å². The van der Waals surface area contributed by atoms with Crippen molar-refractivity contribution < 1.29 is 4.79 Å². The van der Waals surface area contributed by atoms with Gasteiger partial charge in [-0.3, -0.25) is 4.79 Å². The van der Waals surface area contributed by atoms with Gasteiger partial charge in [0.2, 0.25) is 0 Å². The van der Waals surface area contributed by atoms with Crippen LogP contribution in [0.3, 0.4) is 0 Å². The quantitative estimate of drug-likeness (QED) is 0.555. The third kappa shape index (κ3) is 2.47. The highest BCUT2D eigenvalue weighted by Crippen LogP contribution is 2.15. The van der Waals surface area contributed by atoms with Crippen molar-refractivity contribution in [2.75, 3.05) is 11.5 Å². The number of H-pyrrole nitrogens is 1. The lowest BCUT2D eigenvalue weighted by Gasteiger charge is -2.01. The molecule has 17 heavy (non-hydrogen) atoms. The number of aryl methyl sites for hydroxylation is 1. The standard InChI is InChI=1S/C13H15N3O/c1-8-11(7-13(15)16-8)12(17)6-9-3-2-4-10(14)5-9/h2-5,7,16H,6,14-15H2,1H3. The van der Waals surface area contributed by atoms with Crippen molar-refractivity contribution in [1.29, 1.82) is 0 Å². The highest BCUT2D eigenvalue weighted by molar-refractivity contribution is 5.99. The van der Waals surface area contributed by atoms with Crippen molar-refractivity contribution in [3.05, 3.63) is 47.2 Å². The van der Waals surface area contributed by atoms with E-state index in [-0.39, 0.29) is 5.78 Å². The van der Waals surface area contributed by atoms with Gasteiger partial charge in [0.25, 0.3) is 0 Å². The van der Waals surface area contributed by atoms with Crippen LogP contribution in [0.25, 0.3) is 0 Å². The van der Waals surface area contributed by atoms with Crippen LogP contribution in [0.4, 0.5) is 11.5 Å². The highest BCUT2D eigenvalue weighted by Gasteiger charge is 2.12. The number of hydrogen-bond acceptors (Lipinski definition) is 3. The van der Waals surface area contributed by atoms with Gasteiger partial charge in [0.05, 0.1) is 0 Å². The minimum Gasteiger partial charge on any atom is -0.399 e. The number of ketones is 1. The molecule has 2 rings (SSSR count). The number of anilines is 2. The average molecular weight is 229 g/mol. The van der Waals surface area contributed by atoms with Crippen LogP contribution in [0.2, 0.25) is 0 Å². The van der Waals surface area contributed by atoms with Crippen molar-refractivity contribution in [1.82, 2.24) is 4.98 Å². The van der Waals surface area contributed by atoms with Crippen molar-refractivity contribution in [3.8, 4) is 0 Å². The molecule has 0 saturated heterocycles. The second-order valence-electron chi connectivity index (χ2n) is 4.11. The predicted molar refractivity (Wildman–Crippen MR) is 68.8 cm³/mol. The number of hydrogen-bond donors (Lipinski definition) is 3. The summed E-state index contributed by atoms with van der Waals surface area (Å²) in [5.41, 5.74) is 14.3. The Kier molecular flexibility index (Phi) is 2.87. The molecule has 0 spiro atoms. The molecule has 0 fully saturated rings. The van der Waals surface area contributed by atoms with Gasteiger partial charge >= 0.3 is 0 Å². The van der Waals surface area contributed by atoms with Crippen LogP contribution in [-0.2, 0) is 6.42 Å². The number of carbonyl (C=O) groups is 1. The van der Waals surface area contributed by atoms with Crippen LogP contribution >= 0.6 is 0 Å². The Hall–Kier alpha value is -2.23. The van der Waals surface area contributed by atoms with Crippen LogP contribution in [0.5, 0.6) is 0 Å². The SMILES string of the molecule is Cc1[nH]c(N)cc1C(=O)Cc1cccc(N)c1. The smallest absolute Gasteiger partial charge is 0.169 e. The van der Waals surface area contributed by atoms with E-state index in [4.69, 9.17) is 11.5 Å². The molecule has 0 saturated carbocycles. The molecule has 0 aliphatic heterocycles. The lowest BCUT2D eigenvalue weighted by Crippen LogP contribution is -2.04. The van der Waals surface area contributed by atoms with E-state index in [1.54, 1.807) is 12.1 Å². The first-order valence-corrected chi connectivity index (χ1v) is 5.39. The van der Waals surface area contributed by atoms with Gasteiger partial charge in [-0.2, -0.15) is 0 Å². The summed E-state index contributed by atoms with van der Waals surface area (Å²) in [5.74, 6) is 0.555. The number of Topliss-reactive ketones (excluding diaryl/α,β-unsaturated/α-hetero) is 1. The van der Waals surface area contributed by atoms with E-state index in [1.165, 1.54) is 0 Å². The van der Waals surface area contributed by atoms with E-state index in [9.17, 15) is 4.79 Å². The largest absolute Gasteiger partial charge is 0.399 e. The third-order valence-corrected chi connectivity index (χ3v) is 2.65. The van der Waals surface area contributed by atoms with Crippen LogP contribution in [0.1, 0.15) is 21.6 Å². The summed E-state index contributed by atoms with van der Waals surface area (Å²) in [6, 6.07) is 9.01. The molecule has 0 unspecified atom stereocenters. The summed E-state index contributed by atoms with van der Waals surface area (Å²) in [4.78, 5) is 15.0. The topological polar surface area (TPSA) is 84.9 Å². The second kappa shape index (κ2) is 4.33. The summed E-state index contributed by atoms with van der Waals surface area (Å²) in [5, 5.41) is 0. The molecule has 0 radical (unpaired) electrons. The minimum absolute atomic E-state index is 0.0426. The lowest BCUT2D eigenvalue weighted by molar-refractivity contribution is 0.0992. The molecule has 0 aliphatic rings. The fraction of sp³-hybridized carbons (Fsp3) is 0.154. The van der Waals surface area contributed by atoms with Gasteiger partial charge < -0.3 is 16.5 Å². The van der Waals surface area contributed by atoms with Crippen LogP contribution in [-0.4, -0.2) is 10.8 Å². The monoisotopic (exact) mass is 229 g/mol. The van der Waals surface area contributed by atoms with Crippen LogP contribution in [0.15, 0.2) is 30.3 Å². The number of benzene rings is 1. The molecule has 5 N–H and O–H groups in total. The van der Waals surface area contributed by atoms with Crippen molar-refractivity contribution in [3.63, 3.8) is 0 Å². The number of nitrogens with one attached hydrogen (secondary N) is 1. The Morgan fingerprint density at radius 3 is 2.65 bits per heavy atom. The van der Waals surface area contributed by atoms with Crippen LogP contribution in [0, 0.1) is 6.92 Å². The molecule has 1 aromatic heterocycles. The summed E-state index contributed by atoms with van der Waals surface area (Å²) in [6.07, 6.45) is 0.336. The van der Waals surface area contributed by atoms with E-state index < -0.39 is 0 Å². The van der Waals surface area contributed by atoms with Gasteiger partial charge in [0.15, 0.2) is 5.78 Å². The summed E-state index contributed by atoms with van der Waals surface area (Å²) < 4.78 is 0. The summed E-state index contributed by atoms with van der Waals surface area (Å²) >= 11 is 0. The van der Waals surface area contributed by atoms with Crippen LogP contribution < -0.4 is 11.5 Å². The molecular weight excluding hydrogens is 214 g/mol. The van der Waals surface area contributed by atoms with Crippen molar-refractivity contribution >= 4 is 17.3 Å². The Balaban J connectivity index is 2.20. The molecule has 1 heterocycles. The Bertz CT molecular complexity index is 558. The maximum atomic E-state index is 12.0. The first kappa shape index (κ1) is 11.3. The number of aromatic amines is 1. The third-order valence-electron chi connectivity index (χ3n) is 2.65. The van der Waals surface area contributed by atoms with Gasteiger partial charge in [-0.1, -0.05) is 12.1 Å². The van der Waals surface area contributed by atoms with E-state index in [0.717, 1.165) is 11.3 Å². The van der Waals surface area contributed by atoms with Gasteiger partial charge in [-0.25, -0.2) is 0 Å². The Morgan fingerprint density at radius 1 is 1.29 bits per heavy atom. The zero-order valence-electron chi connectivity index (χ0n) is 9.66. The molecular formula is C13H15N3O. The molecule has 4 nitrogen and oxygen atoms in total. The molecule has 0 amide bonds. The highest BCUT2D eigenvalue weighted by atomic mass is 16.1. The first-order valence-electron chi connectivity index (χ1n) is 5.39. The zero-order chi connectivity index (χ0) is 12.4. The average Bonchev–Trinajstić information content (AvgIpc) is 2.58. The fourth-order valence-electron chi connectivity index (χ4n) is 1.86. The van der Waals surface area contributed by atoms with Gasteiger partial charge in [-0.15, -0.1) is 0 Å². The Labute approximate surface area is 99.6 Å². The summed E-state index contributed by atoms with van der Waals surface area (Å²) in [6.45, 7) is 1.84. The van der Waals surface area contributed by atoms with E-state index in [1.807, 2.05) is 25.1 Å².